The predicted molar refractivity (Wildman–Crippen MR) is 429 cm³/mol. The number of nitrogens with one attached hydrogen (secondary N) is 9. The van der Waals surface area contributed by atoms with Gasteiger partial charge in [-0.3, -0.25) is 47.9 Å². The zero-order valence-corrected chi connectivity index (χ0v) is 71.0. The van der Waals surface area contributed by atoms with Crippen molar-refractivity contribution in [1.29, 1.82) is 0 Å². The standard InChI is InChI=1S/C68H133N11O10P4S4/c1-25-43(7)53(63(84)71-50(59(70)80)40-95-36-32-91(16,17)18)77-67(88)57(47(11)29-5)75-61(82)52(42-97-38-34-93(22,23)24)73-65(86)55(45(9)27-3)79-68(89)58(48(12)30-6)76-62(83)51(41-96-37-33-92(19,20)21)72-64(85)54(44(8)26-2)78-66(87)56(46(10)28-4)74-60(81)49(69)39-94-35-31-90(13,14)15/h43-58H,25-42,69H2,1-24H3,(H7-4,70,71,72,73,74,75,76,77,78,79,80,81,82,83,84,85,86,87,88,89)/p+4/t43-,44-,45-,46-,47-,48-,49-,50-,51-,52-,53-,54-,55-,56-,57-,58-/m0/s1. The Morgan fingerprint density at radius 2 is 0.474 bits per heavy atom. The zero-order chi connectivity index (χ0) is 74.9. The quantitative estimate of drug-likeness (QED) is 0.0216. The molecule has 0 rings (SSSR count). The first kappa shape index (κ1) is 94.8. The number of hydrogen-bond acceptors (Lipinski definition) is 15. The van der Waals surface area contributed by atoms with E-state index >= 15 is 0 Å². The summed E-state index contributed by atoms with van der Waals surface area (Å²) in [5, 5.41) is 26.3. The maximum absolute atomic E-state index is 14.9. The fraction of sp³-hybridized carbons (Fsp3) is 0.853. The van der Waals surface area contributed by atoms with Crippen LogP contribution in [-0.4, -0.2) is 270 Å². The van der Waals surface area contributed by atoms with Gasteiger partial charge >= 0.3 is 0 Å². The Morgan fingerprint density at radius 3 is 0.691 bits per heavy atom. The highest BCUT2D eigenvalue weighted by atomic mass is 32.2. The van der Waals surface area contributed by atoms with Crippen molar-refractivity contribution < 1.29 is 47.9 Å². The van der Waals surface area contributed by atoms with Gasteiger partial charge in [-0.1, -0.05) is 122 Å². The van der Waals surface area contributed by atoms with Crippen molar-refractivity contribution in [2.24, 2.45) is 47.0 Å². The maximum atomic E-state index is 14.9. The van der Waals surface area contributed by atoms with Crippen molar-refractivity contribution in [2.45, 2.75) is 182 Å². The maximum Gasteiger partial charge on any atom is 0.244 e. The van der Waals surface area contributed by atoms with Gasteiger partial charge in [0.2, 0.25) is 59.1 Å². The number of carbonyl (C=O) groups is 10. The molecule has 0 aliphatic carbocycles. The Labute approximate surface area is 606 Å². The summed E-state index contributed by atoms with van der Waals surface area (Å²) in [7, 11) is -4.52. The van der Waals surface area contributed by atoms with Crippen molar-refractivity contribution >= 4 is 135 Å². The molecule has 0 spiro atoms. The Morgan fingerprint density at radius 1 is 0.289 bits per heavy atom. The van der Waals surface area contributed by atoms with Crippen molar-refractivity contribution in [1.82, 2.24) is 47.9 Å². The molecule has 0 unspecified atom stereocenters. The van der Waals surface area contributed by atoms with Crippen LogP contribution in [0.5, 0.6) is 0 Å². The molecular formula is C68H137N11O10P4S4+4. The van der Waals surface area contributed by atoms with E-state index in [1.165, 1.54) is 35.3 Å². The van der Waals surface area contributed by atoms with Crippen LogP contribution in [0.2, 0.25) is 0 Å². The molecule has 0 saturated carbocycles. The van der Waals surface area contributed by atoms with Crippen LogP contribution in [0.1, 0.15) is 122 Å². The first-order valence-electron chi connectivity index (χ1n) is 35.1. The second-order valence-corrected chi connectivity index (χ2v) is 55.5. The molecule has 0 saturated heterocycles. The average molecular weight is 1520 g/mol. The van der Waals surface area contributed by atoms with Crippen molar-refractivity contribution in [3.63, 3.8) is 0 Å². The van der Waals surface area contributed by atoms with E-state index in [1.807, 2.05) is 83.1 Å². The van der Waals surface area contributed by atoms with Gasteiger partial charge in [0.1, 0.15) is 54.4 Å². The minimum atomic E-state index is -1.23. The Bertz CT molecular complexity index is 2460. The van der Waals surface area contributed by atoms with Gasteiger partial charge in [0.05, 0.1) is 30.7 Å². The minimum Gasteiger partial charge on any atom is -0.368 e. The topological polar surface area (TPSA) is 331 Å². The third kappa shape index (κ3) is 39.3. The molecule has 0 fully saturated rings. The third-order valence-electron chi connectivity index (χ3n) is 17.8. The van der Waals surface area contributed by atoms with Crippen LogP contribution >= 0.6 is 76.1 Å². The van der Waals surface area contributed by atoms with Crippen LogP contribution in [0.25, 0.3) is 0 Å². The van der Waals surface area contributed by atoms with Gasteiger partial charge in [-0.2, -0.15) is 47.0 Å². The normalized spacial score (nSPS) is 17.2. The summed E-state index contributed by atoms with van der Waals surface area (Å²) >= 11 is 6.14. The van der Waals surface area contributed by atoms with E-state index in [0.717, 1.165) is 36.2 Å². The molecular weight excluding hydrogens is 1380 g/mol. The summed E-state index contributed by atoms with van der Waals surface area (Å²) in [5.74, 6) is -4.50. The second kappa shape index (κ2) is 47.2. The summed E-state index contributed by atoms with van der Waals surface area (Å²) < 4.78 is 0. The molecule has 13 N–H and O–H groups in total. The van der Waals surface area contributed by atoms with Crippen molar-refractivity contribution in [3.8, 4) is 0 Å². The van der Waals surface area contributed by atoms with Gasteiger partial charge in [-0.15, -0.1) is 0 Å². The van der Waals surface area contributed by atoms with Gasteiger partial charge in [0, 0.05) is 155 Å². The molecule has 0 bridgehead atoms. The molecule has 29 heteroatoms. The summed E-state index contributed by atoms with van der Waals surface area (Å²) in [6.07, 6.45) is 6.74. The lowest BCUT2D eigenvalue weighted by molar-refractivity contribution is -0.137. The van der Waals surface area contributed by atoms with E-state index in [2.05, 4.69) is 128 Å². The first-order chi connectivity index (χ1) is 44.8. The highest BCUT2D eigenvalue weighted by Crippen LogP contribution is 2.48. The number of thioether (sulfide) groups is 4. The molecule has 21 nitrogen and oxygen atoms in total. The van der Waals surface area contributed by atoms with E-state index < -0.39 is 172 Å². The third-order valence-corrected chi connectivity index (χ3v) is 29.5. The summed E-state index contributed by atoms with van der Waals surface area (Å²) in [6.45, 7) is 49.1. The highest BCUT2D eigenvalue weighted by Gasteiger charge is 2.40. The largest absolute Gasteiger partial charge is 0.368 e. The molecule has 0 aromatic rings. The smallest absolute Gasteiger partial charge is 0.244 e. The van der Waals surface area contributed by atoms with Gasteiger partial charge in [0.25, 0.3) is 0 Å². The lowest BCUT2D eigenvalue weighted by Gasteiger charge is -2.32. The Balaban J connectivity index is 7.28. The van der Waals surface area contributed by atoms with E-state index in [9.17, 15) is 47.9 Å². The Kier molecular flexibility index (Phi) is 46.1. The lowest BCUT2D eigenvalue weighted by Crippen LogP contribution is -2.63. The van der Waals surface area contributed by atoms with E-state index in [4.69, 9.17) is 11.5 Å². The van der Waals surface area contributed by atoms with Crippen molar-refractivity contribution in [2.75, 3.05) is 151 Å². The molecule has 0 radical (unpaired) electrons. The molecule has 10 amide bonds. The molecule has 0 aliphatic heterocycles. The number of hydrogen-bond donors (Lipinski definition) is 11. The van der Waals surface area contributed by atoms with E-state index in [1.54, 1.807) is 11.8 Å². The van der Waals surface area contributed by atoms with Crippen LogP contribution in [0.4, 0.5) is 0 Å². The van der Waals surface area contributed by atoms with Crippen LogP contribution < -0.4 is 59.3 Å². The van der Waals surface area contributed by atoms with Gasteiger partial charge in [0.15, 0.2) is 0 Å². The molecule has 0 aliphatic rings. The number of nitrogens with two attached hydrogens (primary N) is 2. The van der Waals surface area contributed by atoms with Crippen LogP contribution in [0, 0.1) is 35.5 Å². The molecule has 16 atom stereocenters. The van der Waals surface area contributed by atoms with Crippen LogP contribution in [-0.2, 0) is 47.9 Å². The number of primary amides is 1. The number of carbonyl (C=O) groups excluding carboxylic acids is 10. The second-order valence-electron chi connectivity index (χ2n) is 30.8. The van der Waals surface area contributed by atoms with Gasteiger partial charge in [-0.05, 0) is 35.5 Å². The first-order valence-corrected chi connectivity index (χ1v) is 53.0. The number of rotatable bonds is 51. The fourth-order valence-electron chi connectivity index (χ4n) is 9.30. The van der Waals surface area contributed by atoms with Gasteiger partial charge < -0.3 is 59.3 Å². The Hall–Kier alpha value is -2.22. The lowest BCUT2D eigenvalue weighted by atomic mass is 9.94. The van der Waals surface area contributed by atoms with Gasteiger partial charge in [-0.25, -0.2) is 0 Å². The fourth-order valence-corrected chi connectivity index (χ4v) is 22.6. The highest BCUT2D eigenvalue weighted by molar-refractivity contribution is 8.00. The minimum absolute atomic E-state index is 0.132. The SMILES string of the molecule is CC[C@H](C)[C@H](NC(=O)[C@H](CSCC[P+](C)(C)C)NC(=O)[C@@H](NC(=O)[C@@H](NC(=O)[C@H](CSCC[P+](C)(C)C)NC(=O)[C@@H](NC(=O)[C@@H](NC(=O)[C@@H](N)CSCC[P+](C)(C)C)[C@@H](C)CC)[C@@H](C)CC)[C@@H](C)CC)[C@@H](C)CC)C(=O)N[C@H](C(=O)N[C@@H](CSCC[P+](C)(C)C)C(N)=O)[C@@H](C)CC. The predicted octanol–water partition coefficient (Wildman–Crippen LogP) is 7.00. The average Bonchev–Trinajstić information content (AvgIpc) is 0.861. The van der Waals surface area contributed by atoms with E-state index in [-0.39, 0.29) is 29.1 Å². The molecule has 97 heavy (non-hydrogen) atoms. The zero-order valence-electron chi connectivity index (χ0n) is 64.1. The van der Waals surface area contributed by atoms with Crippen LogP contribution in [0.15, 0.2) is 0 Å². The summed E-state index contributed by atoms with van der Waals surface area (Å²) in [4.78, 5) is 144. The monoisotopic (exact) mass is 1520 g/mol. The van der Waals surface area contributed by atoms with Crippen LogP contribution in [0.3, 0.4) is 0 Å². The number of amides is 10. The summed E-state index contributed by atoms with van der Waals surface area (Å²) in [6, 6.07) is -10.9. The molecule has 0 aromatic heterocycles. The molecule has 564 valence electrons. The summed E-state index contributed by atoms with van der Waals surface area (Å²) in [5.41, 5.74) is 12.2. The molecule has 0 heterocycles. The van der Waals surface area contributed by atoms with Crippen molar-refractivity contribution in [3.05, 3.63) is 0 Å². The van der Waals surface area contributed by atoms with E-state index in [0.29, 0.717) is 55.8 Å². The molecule has 0 aromatic carbocycles.